The minimum absolute atomic E-state index is 0. The van der Waals surface area contributed by atoms with Gasteiger partial charge < -0.3 is 0 Å². The van der Waals surface area contributed by atoms with Crippen molar-refractivity contribution in [2.24, 2.45) is 10.8 Å². The third-order valence-corrected chi connectivity index (χ3v) is 2.62. The highest BCUT2D eigenvalue weighted by molar-refractivity contribution is 5.30. The first-order valence-electron chi connectivity index (χ1n) is 11.3. The summed E-state index contributed by atoms with van der Waals surface area (Å²) in [6, 6.07) is 9.00. The summed E-state index contributed by atoms with van der Waals surface area (Å²) in [4.78, 5) is 0. The smallest absolute Gasteiger partial charge is 0.0132 e. The average Bonchev–Trinajstić information content (AvgIpc) is 2.46. The van der Waals surface area contributed by atoms with Crippen LogP contribution in [0.15, 0.2) is 24.3 Å². The SMILES string of the molecule is C.CC.CC.CC(C)(C)C.CC(C)(C)C.CC(C)(C)c1ccc(C(C)(C)C)cc1. The van der Waals surface area contributed by atoms with E-state index in [1.54, 1.807) is 0 Å². The first kappa shape index (κ1) is 38.8. The minimum Gasteiger partial charge on any atom is -0.0776 e. The van der Waals surface area contributed by atoms with Crippen LogP contribution in [0.4, 0.5) is 0 Å². The summed E-state index contributed by atoms with van der Waals surface area (Å²) in [5.74, 6) is 0. The van der Waals surface area contributed by atoms with Crippen LogP contribution >= 0.6 is 0 Å². The quantitative estimate of drug-likeness (QED) is 0.399. The standard InChI is InChI=1S/C14H22.2C5H12.2C2H6.CH4/c1-13(2,3)11-7-9-12(10-8-11)14(4,5)6;2*1-5(2,3)4;2*1-2;/h7-10H,1-6H3;2*1-4H3;2*1-2H3;1H4. The lowest BCUT2D eigenvalue weighted by Crippen LogP contribution is -2.14. The Morgan fingerprint density at radius 1 is 0.379 bits per heavy atom. The summed E-state index contributed by atoms with van der Waals surface area (Å²) >= 11 is 0. The molecule has 0 aliphatic heterocycles. The Morgan fingerprint density at radius 3 is 0.552 bits per heavy atom. The molecule has 1 aromatic carbocycles. The predicted molar refractivity (Wildman–Crippen MR) is 144 cm³/mol. The number of hydrogen-bond donors (Lipinski definition) is 0. The number of hydrogen-bond acceptors (Lipinski definition) is 0. The second kappa shape index (κ2) is 17.0. The van der Waals surface area contributed by atoms with Crippen molar-refractivity contribution in [3.8, 4) is 0 Å². The highest BCUT2D eigenvalue weighted by atomic mass is 14.2. The van der Waals surface area contributed by atoms with Gasteiger partial charge in [0, 0.05) is 0 Å². The van der Waals surface area contributed by atoms with Gasteiger partial charge in [-0.1, -0.05) is 156 Å². The predicted octanol–water partition coefficient (Wildman–Crippen LogP) is 11.1. The van der Waals surface area contributed by atoms with Crippen LogP contribution in [0.1, 0.15) is 143 Å². The lowest BCUT2D eigenvalue weighted by atomic mass is 9.82. The molecule has 0 fully saturated rings. The van der Waals surface area contributed by atoms with Crippen LogP contribution in [-0.4, -0.2) is 0 Å². The van der Waals surface area contributed by atoms with Gasteiger partial charge in [-0.15, -0.1) is 0 Å². The molecule has 178 valence electrons. The molecule has 0 N–H and O–H groups in total. The van der Waals surface area contributed by atoms with Crippen LogP contribution in [0.5, 0.6) is 0 Å². The third kappa shape index (κ3) is 38.4. The molecule has 0 unspecified atom stereocenters. The number of benzene rings is 1. The van der Waals surface area contributed by atoms with Crippen LogP contribution in [0, 0.1) is 10.8 Å². The van der Waals surface area contributed by atoms with E-state index in [1.807, 2.05) is 27.7 Å². The summed E-state index contributed by atoms with van der Waals surface area (Å²) in [7, 11) is 0. The average molecular weight is 411 g/mol. The molecule has 0 saturated heterocycles. The minimum atomic E-state index is 0. The molecular formula is C29H62. The van der Waals surface area contributed by atoms with E-state index in [1.165, 1.54) is 11.1 Å². The van der Waals surface area contributed by atoms with Gasteiger partial charge in [0.15, 0.2) is 0 Å². The molecule has 0 nitrogen and oxygen atoms in total. The van der Waals surface area contributed by atoms with E-state index in [2.05, 4.69) is 121 Å². The van der Waals surface area contributed by atoms with Gasteiger partial charge in [0.1, 0.15) is 0 Å². The molecule has 0 aliphatic rings. The molecule has 0 heteroatoms. The fraction of sp³-hybridized carbons (Fsp3) is 0.793. The Balaban J connectivity index is -0.000000107. The van der Waals surface area contributed by atoms with E-state index in [4.69, 9.17) is 0 Å². The van der Waals surface area contributed by atoms with Gasteiger partial charge in [-0.3, -0.25) is 0 Å². The third-order valence-electron chi connectivity index (χ3n) is 2.62. The van der Waals surface area contributed by atoms with E-state index >= 15 is 0 Å². The summed E-state index contributed by atoms with van der Waals surface area (Å²) in [5, 5.41) is 0. The normalized spacial score (nSPS) is 10.8. The van der Waals surface area contributed by atoms with Gasteiger partial charge in [-0.2, -0.15) is 0 Å². The van der Waals surface area contributed by atoms with Gasteiger partial charge >= 0.3 is 0 Å². The Morgan fingerprint density at radius 2 is 0.483 bits per heavy atom. The molecule has 0 amide bonds. The fourth-order valence-electron chi connectivity index (χ4n) is 1.47. The Kier molecular flexibility index (Phi) is 22.7. The second-order valence-corrected chi connectivity index (χ2v) is 12.1. The molecule has 0 radical (unpaired) electrons. The van der Waals surface area contributed by atoms with E-state index in [-0.39, 0.29) is 18.3 Å². The van der Waals surface area contributed by atoms with Crippen molar-refractivity contribution in [2.75, 3.05) is 0 Å². The largest absolute Gasteiger partial charge is 0.0776 e. The monoisotopic (exact) mass is 410 g/mol. The maximum Gasteiger partial charge on any atom is -0.0132 e. The van der Waals surface area contributed by atoms with E-state index in [0.717, 1.165) is 0 Å². The Bertz CT molecular complexity index is 376. The summed E-state index contributed by atoms with van der Waals surface area (Å²) in [6.45, 7) is 39.0. The molecule has 0 bridgehead atoms. The van der Waals surface area contributed by atoms with Crippen LogP contribution in [-0.2, 0) is 10.8 Å². The van der Waals surface area contributed by atoms with Gasteiger partial charge in [0.05, 0.1) is 0 Å². The maximum absolute atomic E-state index is 2.25. The van der Waals surface area contributed by atoms with Crippen molar-refractivity contribution in [1.29, 1.82) is 0 Å². The van der Waals surface area contributed by atoms with Crippen molar-refractivity contribution in [3.05, 3.63) is 35.4 Å². The van der Waals surface area contributed by atoms with Gasteiger partial charge in [0.2, 0.25) is 0 Å². The van der Waals surface area contributed by atoms with Crippen molar-refractivity contribution in [2.45, 2.75) is 143 Å². The zero-order valence-corrected chi connectivity index (χ0v) is 23.3. The van der Waals surface area contributed by atoms with Crippen molar-refractivity contribution >= 4 is 0 Å². The molecule has 0 aliphatic carbocycles. The van der Waals surface area contributed by atoms with E-state index in [0.29, 0.717) is 10.8 Å². The summed E-state index contributed by atoms with van der Waals surface area (Å²) in [5.41, 5.74) is 4.34. The van der Waals surface area contributed by atoms with E-state index < -0.39 is 0 Å². The van der Waals surface area contributed by atoms with Crippen LogP contribution < -0.4 is 0 Å². The lowest BCUT2D eigenvalue weighted by Gasteiger charge is -2.23. The van der Waals surface area contributed by atoms with Crippen LogP contribution in [0.25, 0.3) is 0 Å². The lowest BCUT2D eigenvalue weighted by molar-refractivity contribution is 0.469. The molecular weight excluding hydrogens is 348 g/mol. The molecule has 1 rings (SSSR count). The Labute approximate surface area is 189 Å². The summed E-state index contributed by atoms with van der Waals surface area (Å²) < 4.78 is 0. The first-order chi connectivity index (χ1) is 12.2. The van der Waals surface area contributed by atoms with Crippen molar-refractivity contribution < 1.29 is 0 Å². The highest BCUT2D eigenvalue weighted by Gasteiger charge is 2.16. The molecule has 29 heavy (non-hydrogen) atoms. The molecule has 0 saturated carbocycles. The maximum atomic E-state index is 2.25. The summed E-state index contributed by atoms with van der Waals surface area (Å²) in [6.07, 6.45) is 0. The zero-order valence-electron chi connectivity index (χ0n) is 23.3. The van der Waals surface area contributed by atoms with Gasteiger partial charge in [0.25, 0.3) is 0 Å². The molecule has 1 aromatic rings. The van der Waals surface area contributed by atoms with Crippen LogP contribution in [0.2, 0.25) is 0 Å². The molecule has 0 spiro atoms. The molecule has 0 atom stereocenters. The molecule has 0 aromatic heterocycles. The fourth-order valence-corrected chi connectivity index (χ4v) is 1.47. The van der Waals surface area contributed by atoms with E-state index in [9.17, 15) is 0 Å². The first-order valence-corrected chi connectivity index (χ1v) is 11.3. The van der Waals surface area contributed by atoms with Crippen LogP contribution in [0.3, 0.4) is 0 Å². The number of rotatable bonds is 0. The Hall–Kier alpha value is -0.780. The van der Waals surface area contributed by atoms with Gasteiger partial charge in [-0.25, -0.2) is 0 Å². The molecule has 0 heterocycles. The zero-order chi connectivity index (χ0) is 24.0. The highest BCUT2D eigenvalue weighted by Crippen LogP contribution is 2.26. The topological polar surface area (TPSA) is 0 Å². The van der Waals surface area contributed by atoms with Crippen molar-refractivity contribution in [1.82, 2.24) is 0 Å². The van der Waals surface area contributed by atoms with Gasteiger partial charge in [-0.05, 0) is 32.8 Å². The second-order valence-electron chi connectivity index (χ2n) is 12.1. The van der Waals surface area contributed by atoms with Crippen molar-refractivity contribution in [3.63, 3.8) is 0 Å².